The van der Waals surface area contributed by atoms with Crippen molar-refractivity contribution in [2.75, 3.05) is 0 Å². The third-order valence-electron chi connectivity index (χ3n) is 0. The first-order valence-corrected chi connectivity index (χ1v) is 0.258. The molecule has 3 N–H and O–H groups in total. The molecule has 4 heavy (non-hydrogen) atoms. The van der Waals surface area contributed by atoms with Gasteiger partial charge in [-0.05, 0) is 0 Å². The average molecular weight is 199 g/mol. The predicted molar refractivity (Wildman–Crippen MR) is 5.97 cm³/mol. The average Bonchev–Trinajstić information content (AvgIpc) is 1.00. The molecule has 0 unspecified atom stereocenters. The van der Waals surface area contributed by atoms with Crippen LogP contribution in [0, 0.1) is 0 Å². The molecule has 0 aliphatic rings. The van der Waals surface area contributed by atoms with Crippen molar-refractivity contribution >= 4 is 0 Å². The summed E-state index contributed by atoms with van der Waals surface area (Å²) in [6.07, 6.45) is 0. The summed E-state index contributed by atoms with van der Waals surface area (Å²) < 4.78 is 0. The maximum Gasteiger partial charge on any atom is 1.00 e. The fourth-order valence-corrected chi connectivity index (χ4v) is 0. The van der Waals surface area contributed by atoms with Crippen LogP contribution >= 0.6 is 0 Å². The Labute approximate surface area is 84.5 Å². The molecule has 0 aromatic heterocycles. The molecule has 2 nitrogen and oxygen atoms in total. The van der Waals surface area contributed by atoms with Crippen molar-refractivity contribution in [3.8, 4) is 0 Å². The minimum atomic E-state index is 0. The molecule has 0 heterocycles. The van der Waals surface area contributed by atoms with Crippen molar-refractivity contribution in [1.29, 1.82) is 0 Å². The van der Waals surface area contributed by atoms with Gasteiger partial charge >= 0.3 is 51.4 Å². The van der Waals surface area contributed by atoms with Crippen LogP contribution in [0.4, 0.5) is 0 Å². The summed E-state index contributed by atoms with van der Waals surface area (Å²) in [6, 6.07) is 0. The first-order chi connectivity index (χ1) is 1.00. The van der Waals surface area contributed by atoms with Gasteiger partial charge in [0.2, 0.25) is 0 Å². The number of rotatable bonds is 0. The van der Waals surface area contributed by atoms with Crippen LogP contribution in [-0.2, 0) is 0 Å². The minimum absolute atomic E-state index is 0. The molecule has 0 aliphatic heterocycles. The third-order valence-corrected chi connectivity index (χ3v) is 0. The summed E-state index contributed by atoms with van der Waals surface area (Å²) in [5.41, 5.74) is 0. The molecule has 0 spiro atoms. The van der Waals surface area contributed by atoms with Crippen LogP contribution in [0.2, 0.25) is 0 Å². The molecule has 0 saturated heterocycles. The number of hydrogen-bond acceptors (Lipinski definition) is 2. The molecular formula is H3IKNO. The standard InChI is InChI=1S/HI.K.H3NO/c;;1-2/h1H;;2H,1H2/q;+1;/p-1. The van der Waals surface area contributed by atoms with Gasteiger partial charge in [-0.25, -0.2) is 5.90 Å². The van der Waals surface area contributed by atoms with Crippen LogP contribution in [0.3, 0.4) is 0 Å². The molecule has 0 bridgehead atoms. The van der Waals surface area contributed by atoms with E-state index in [1.807, 2.05) is 0 Å². The van der Waals surface area contributed by atoms with Crippen molar-refractivity contribution in [3.05, 3.63) is 0 Å². The summed E-state index contributed by atoms with van der Waals surface area (Å²) in [7, 11) is 0. The van der Waals surface area contributed by atoms with Crippen LogP contribution in [0.1, 0.15) is 0 Å². The third kappa shape index (κ3) is 8.86. The van der Waals surface area contributed by atoms with E-state index in [2.05, 4.69) is 5.90 Å². The van der Waals surface area contributed by atoms with Crippen molar-refractivity contribution in [3.63, 3.8) is 0 Å². The van der Waals surface area contributed by atoms with Crippen LogP contribution in [0.5, 0.6) is 0 Å². The molecule has 0 aromatic rings. The molecule has 4 heteroatoms. The fraction of sp³-hybridized carbons (Fsp3) is 0. The first-order valence-electron chi connectivity index (χ1n) is 0.258. The second-order valence-electron chi connectivity index (χ2n) is 0. The Hall–Kier alpha value is 2.29. The molecule has 0 atom stereocenters. The Kier molecular flexibility index (Phi) is 75.6. The van der Waals surface area contributed by atoms with E-state index in [1.54, 1.807) is 0 Å². The molecule has 0 amide bonds. The zero-order valence-corrected chi connectivity index (χ0v) is 7.68. The minimum Gasteiger partial charge on any atom is -1.00 e. The van der Waals surface area contributed by atoms with Gasteiger partial charge in [0.15, 0.2) is 0 Å². The maximum atomic E-state index is 6.50. The van der Waals surface area contributed by atoms with Gasteiger partial charge in [0.1, 0.15) is 0 Å². The van der Waals surface area contributed by atoms with Crippen molar-refractivity contribution in [2.45, 2.75) is 0 Å². The number of halogens is 1. The molecule has 0 saturated carbocycles. The smallest absolute Gasteiger partial charge is 1.00 e. The first kappa shape index (κ1) is 16.3. The maximum absolute atomic E-state index is 6.50. The Balaban J connectivity index is -0.00000000500. The number of hydrogen-bond donors (Lipinski definition) is 2. The Morgan fingerprint density at radius 3 is 1.25 bits per heavy atom. The van der Waals surface area contributed by atoms with Crippen molar-refractivity contribution < 1.29 is 80.6 Å². The van der Waals surface area contributed by atoms with Gasteiger partial charge in [-0.15, -0.1) is 0 Å². The summed E-state index contributed by atoms with van der Waals surface area (Å²) in [6.45, 7) is 0. The van der Waals surface area contributed by atoms with Gasteiger partial charge in [-0.1, -0.05) is 0 Å². The van der Waals surface area contributed by atoms with E-state index in [4.69, 9.17) is 5.21 Å². The zero-order chi connectivity index (χ0) is 2.00. The second-order valence-corrected chi connectivity index (χ2v) is 0. The van der Waals surface area contributed by atoms with Crippen LogP contribution < -0.4 is 81.3 Å². The summed E-state index contributed by atoms with van der Waals surface area (Å²) in [4.78, 5) is 0. The van der Waals surface area contributed by atoms with Gasteiger partial charge in [0, 0.05) is 0 Å². The van der Waals surface area contributed by atoms with Gasteiger partial charge in [-0.2, -0.15) is 0 Å². The molecule has 0 fully saturated rings. The van der Waals surface area contributed by atoms with E-state index in [0.29, 0.717) is 0 Å². The van der Waals surface area contributed by atoms with E-state index in [1.165, 1.54) is 0 Å². The number of nitrogens with two attached hydrogens (primary N) is 1. The Bertz CT molecular complexity index is 8.00. The van der Waals surface area contributed by atoms with E-state index in [9.17, 15) is 0 Å². The van der Waals surface area contributed by atoms with Gasteiger partial charge in [0.25, 0.3) is 0 Å². The van der Waals surface area contributed by atoms with E-state index in [-0.39, 0.29) is 75.4 Å². The van der Waals surface area contributed by atoms with Gasteiger partial charge in [0.05, 0.1) is 0 Å². The van der Waals surface area contributed by atoms with E-state index >= 15 is 0 Å². The van der Waals surface area contributed by atoms with E-state index in [0.717, 1.165) is 0 Å². The Morgan fingerprint density at radius 1 is 1.25 bits per heavy atom. The molecule has 0 radical (unpaired) electrons. The summed E-state index contributed by atoms with van der Waals surface area (Å²) >= 11 is 0. The molecule has 0 aromatic carbocycles. The van der Waals surface area contributed by atoms with Crippen molar-refractivity contribution in [1.82, 2.24) is 0 Å². The summed E-state index contributed by atoms with van der Waals surface area (Å²) in [5.74, 6) is 3.50. The van der Waals surface area contributed by atoms with E-state index < -0.39 is 0 Å². The topological polar surface area (TPSA) is 46.2 Å². The molecule has 0 aliphatic carbocycles. The SMILES string of the molecule is NO.[I-].[K+]. The second kappa shape index (κ2) is 18.6. The zero-order valence-electron chi connectivity index (χ0n) is 2.40. The molecule has 0 rings (SSSR count). The normalized spacial score (nSPS) is 1.50. The van der Waals surface area contributed by atoms with Crippen molar-refractivity contribution in [2.24, 2.45) is 5.90 Å². The van der Waals surface area contributed by atoms with Crippen LogP contribution in [0.25, 0.3) is 0 Å². The monoisotopic (exact) mass is 199 g/mol. The molecule has 22 valence electrons. The quantitative estimate of drug-likeness (QED) is 0.231. The largest absolute Gasteiger partial charge is 1.00 e. The molecular weight excluding hydrogens is 196 g/mol. The Morgan fingerprint density at radius 2 is 1.25 bits per heavy atom. The predicted octanol–water partition coefficient (Wildman–Crippen LogP) is -6.66. The van der Waals surface area contributed by atoms with Crippen LogP contribution in [0.15, 0.2) is 0 Å². The van der Waals surface area contributed by atoms with Gasteiger partial charge in [-0.3, -0.25) is 0 Å². The summed E-state index contributed by atoms with van der Waals surface area (Å²) in [5, 5.41) is 6.50. The van der Waals surface area contributed by atoms with Crippen LogP contribution in [-0.4, -0.2) is 5.21 Å². The fourth-order valence-electron chi connectivity index (χ4n) is 0. The van der Waals surface area contributed by atoms with Gasteiger partial charge < -0.3 is 29.2 Å².